The Balaban J connectivity index is 2.00. The minimum absolute atomic E-state index is 0.275. The lowest BCUT2D eigenvalue weighted by atomic mass is 10.1. The number of hydrogen-bond acceptors (Lipinski definition) is 4. The molecule has 1 aromatic carbocycles. The molecule has 5 nitrogen and oxygen atoms in total. The molecule has 0 unspecified atom stereocenters. The number of carbonyl (C=O) groups is 1. The Hall–Kier alpha value is -2.12. The Morgan fingerprint density at radius 1 is 1.20 bits per heavy atom. The van der Waals surface area contributed by atoms with Crippen LogP contribution in [0.25, 0.3) is 0 Å². The molecule has 0 aliphatic carbocycles. The van der Waals surface area contributed by atoms with Crippen molar-refractivity contribution in [3.63, 3.8) is 0 Å². The van der Waals surface area contributed by atoms with E-state index in [2.05, 4.69) is 0 Å². The third kappa shape index (κ3) is 5.17. The van der Waals surface area contributed by atoms with Crippen molar-refractivity contribution in [2.45, 2.75) is 51.5 Å². The highest BCUT2D eigenvalue weighted by Gasteiger charge is 2.37. The van der Waals surface area contributed by atoms with Gasteiger partial charge in [-0.25, -0.2) is 4.79 Å². The fourth-order valence-electron chi connectivity index (χ4n) is 2.61. The second kappa shape index (κ2) is 7.01. The van der Waals surface area contributed by atoms with Crippen LogP contribution in [0.1, 0.15) is 39.2 Å². The normalized spacial score (nSPS) is 16.6. The second-order valence-electron chi connectivity index (χ2n) is 7.00. The number of hydrogen-bond donors (Lipinski definition) is 1. The number of benzene rings is 1. The van der Waals surface area contributed by atoms with Crippen molar-refractivity contribution in [3.8, 4) is 5.75 Å². The Morgan fingerprint density at radius 2 is 1.80 bits per heavy atom. The van der Waals surface area contributed by atoms with Crippen LogP contribution in [0.3, 0.4) is 0 Å². The third-order valence-corrected chi connectivity index (χ3v) is 3.73. The van der Waals surface area contributed by atoms with E-state index in [-0.39, 0.29) is 11.4 Å². The smallest absolute Gasteiger partial charge is 0.421 e. The van der Waals surface area contributed by atoms with E-state index in [9.17, 15) is 18.0 Å². The summed E-state index contributed by atoms with van der Waals surface area (Å²) in [7, 11) is 0. The summed E-state index contributed by atoms with van der Waals surface area (Å²) in [4.78, 5) is 13.5. The fourth-order valence-corrected chi connectivity index (χ4v) is 2.61. The first-order valence-corrected chi connectivity index (χ1v) is 8.07. The topological polar surface area (TPSA) is 64.8 Å². The summed E-state index contributed by atoms with van der Waals surface area (Å²) in [5, 5.41) is 0. The molecule has 1 fully saturated rings. The van der Waals surface area contributed by atoms with Gasteiger partial charge >= 0.3 is 12.3 Å². The number of ether oxygens (including phenoxy) is 2. The van der Waals surface area contributed by atoms with Gasteiger partial charge in [0.15, 0.2) is 0 Å². The number of nitrogen functional groups attached to an aromatic ring is 1. The molecule has 0 atom stereocenters. The average Bonchev–Trinajstić information content (AvgIpc) is 2.44. The van der Waals surface area contributed by atoms with Crippen LogP contribution in [-0.2, 0) is 10.9 Å². The first-order chi connectivity index (χ1) is 11.5. The first kappa shape index (κ1) is 19.2. The van der Waals surface area contributed by atoms with Crippen LogP contribution in [0.15, 0.2) is 18.2 Å². The van der Waals surface area contributed by atoms with Crippen LogP contribution >= 0.6 is 0 Å². The molecule has 1 saturated heterocycles. The van der Waals surface area contributed by atoms with Gasteiger partial charge in [0.1, 0.15) is 23.0 Å². The van der Waals surface area contributed by atoms with Gasteiger partial charge in [-0.05, 0) is 32.9 Å². The zero-order chi connectivity index (χ0) is 18.8. The van der Waals surface area contributed by atoms with E-state index >= 15 is 0 Å². The summed E-state index contributed by atoms with van der Waals surface area (Å²) < 4.78 is 50.3. The van der Waals surface area contributed by atoms with E-state index in [0.29, 0.717) is 25.9 Å². The second-order valence-corrected chi connectivity index (χ2v) is 7.00. The Morgan fingerprint density at radius 3 is 2.32 bits per heavy atom. The monoisotopic (exact) mass is 360 g/mol. The molecular formula is C17H23F3N2O3. The molecule has 8 heteroatoms. The molecule has 2 rings (SSSR count). The van der Waals surface area contributed by atoms with Crippen molar-refractivity contribution in [2.24, 2.45) is 0 Å². The van der Waals surface area contributed by atoms with Crippen molar-refractivity contribution in [1.29, 1.82) is 0 Å². The molecule has 1 aliphatic rings. The van der Waals surface area contributed by atoms with Crippen molar-refractivity contribution in [2.75, 3.05) is 18.8 Å². The molecule has 1 aromatic rings. The number of piperidine rings is 1. The SMILES string of the molecule is CC(C)(C)OC(=O)N1CCC(Oc2cccc(N)c2C(F)(F)F)CC1. The standard InChI is InChI=1S/C17H23F3N2O3/c1-16(2,3)25-15(23)22-9-7-11(8-10-22)24-13-6-4-5-12(21)14(13)17(18,19)20/h4-6,11H,7-10,21H2,1-3H3. The number of nitrogens with two attached hydrogens (primary N) is 1. The molecule has 0 saturated carbocycles. The van der Waals surface area contributed by atoms with E-state index < -0.39 is 29.5 Å². The summed E-state index contributed by atoms with van der Waals surface area (Å²) in [6.45, 7) is 6.06. The van der Waals surface area contributed by atoms with Gasteiger partial charge in [-0.3, -0.25) is 0 Å². The maximum Gasteiger partial charge on any atom is 0.421 e. The number of alkyl halides is 3. The number of nitrogens with zero attached hydrogens (tertiary/aromatic N) is 1. The number of halogens is 3. The summed E-state index contributed by atoms with van der Waals surface area (Å²) in [6.07, 6.45) is -4.58. The van der Waals surface area contributed by atoms with Gasteiger partial charge in [0, 0.05) is 31.6 Å². The maximum absolute atomic E-state index is 13.2. The van der Waals surface area contributed by atoms with Crippen molar-refractivity contribution in [3.05, 3.63) is 23.8 Å². The quantitative estimate of drug-likeness (QED) is 0.808. The van der Waals surface area contributed by atoms with Crippen molar-refractivity contribution in [1.82, 2.24) is 4.90 Å². The van der Waals surface area contributed by atoms with E-state index in [1.807, 2.05) is 0 Å². The van der Waals surface area contributed by atoms with E-state index in [0.717, 1.165) is 0 Å². The zero-order valence-electron chi connectivity index (χ0n) is 14.5. The fraction of sp³-hybridized carbons (Fsp3) is 0.588. The van der Waals surface area contributed by atoms with Crippen LogP contribution in [0.2, 0.25) is 0 Å². The van der Waals surface area contributed by atoms with Crippen LogP contribution in [0.4, 0.5) is 23.7 Å². The predicted octanol–water partition coefficient (Wildman–Crippen LogP) is 4.07. The lowest BCUT2D eigenvalue weighted by molar-refractivity contribution is -0.138. The molecular weight excluding hydrogens is 337 g/mol. The molecule has 140 valence electrons. The molecule has 2 N–H and O–H groups in total. The van der Waals surface area contributed by atoms with Gasteiger partial charge in [0.05, 0.1) is 0 Å². The summed E-state index contributed by atoms with van der Waals surface area (Å²) in [5.41, 5.74) is 3.56. The minimum atomic E-state index is -4.59. The first-order valence-electron chi connectivity index (χ1n) is 8.07. The molecule has 1 aliphatic heterocycles. The highest BCUT2D eigenvalue weighted by molar-refractivity contribution is 5.68. The van der Waals surface area contributed by atoms with Gasteiger partial charge in [-0.2, -0.15) is 13.2 Å². The molecule has 0 spiro atoms. The maximum atomic E-state index is 13.2. The highest BCUT2D eigenvalue weighted by atomic mass is 19.4. The largest absolute Gasteiger partial charge is 0.490 e. The molecule has 25 heavy (non-hydrogen) atoms. The summed E-state index contributed by atoms with van der Waals surface area (Å²) >= 11 is 0. The summed E-state index contributed by atoms with van der Waals surface area (Å²) in [5.74, 6) is -0.275. The highest BCUT2D eigenvalue weighted by Crippen LogP contribution is 2.40. The molecule has 1 heterocycles. The number of carbonyl (C=O) groups excluding carboxylic acids is 1. The van der Waals surface area contributed by atoms with Gasteiger partial charge in [-0.15, -0.1) is 0 Å². The predicted molar refractivity (Wildman–Crippen MR) is 87.3 cm³/mol. The number of likely N-dealkylation sites (tertiary alicyclic amines) is 1. The van der Waals surface area contributed by atoms with Gasteiger partial charge in [0.25, 0.3) is 0 Å². The van der Waals surface area contributed by atoms with Gasteiger partial charge in [0.2, 0.25) is 0 Å². The molecule has 1 amide bonds. The number of rotatable bonds is 2. The van der Waals surface area contributed by atoms with Gasteiger partial charge < -0.3 is 20.1 Å². The van der Waals surface area contributed by atoms with Crippen LogP contribution in [0.5, 0.6) is 5.75 Å². The Labute approximate surface area is 144 Å². The zero-order valence-corrected chi connectivity index (χ0v) is 14.5. The third-order valence-electron chi connectivity index (χ3n) is 3.73. The van der Waals surface area contributed by atoms with Crippen LogP contribution in [-0.4, -0.2) is 35.8 Å². The lowest BCUT2D eigenvalue weighted by Gasteiger charge is -2.33. The average molecular weight is 360 g/mol. The molecule has 0 bridgehead atoms. The van der Waals surface area contributed by atoms with Gasteiger partial charge in [-0.1, -0.05) is 6.07 Å². The molecule has 0 aromatic heterocycles. The van der Waals surface area contributed by atoms with Crippen molar-refractivity contribution < 1.29 is 27.4 Å². The van der Waals surface area contributed by atoms with E-state index in [4.69, 9.17) is 15.2 Å². The van der Waals surface area contributed by atoms with Crippen LogP contribution < -0.4 is 10.5 Å². The lowest BCUT2D eigenvalue weighted by Crippen LogP contribution is -2.44. The summed E-state index contributed by atoms with van der Waals surface area (Å²) in [6, 6.07) is 3.88. The van der Waals surface area contributed by atoms with Crippen molar-refractivity contribution >= 4 is 11.8 Å². The van der Waals surface area contributed by atoms with E-state index in [1.54, 1.807) is 20.8 Å². The molecule has 0 radical (unpaired) electrons. The number of amides is 1. The van der Waals surface area contributed by atoms with Crippen LogP contribution in [0, 0.1) is 0 Å². The minimum Gasteiger partial charge on any atom is -0.490 e. The Kier molecular flexibility index (Phi) is 5.39. The number of anilines is 1. The Bertz CT molecular complexity index is 619. The van der Waals surface area contributed by atoms with E-state index in [1.165, 1.54) is 23.1 Å².